The second-order valence-corrected chi connectivity index (χ2v) is 9.59. The zero-order valence-corrected chi connectivity index (χ0v) is 18.8. The molecule has 0 saturated carbocycles. The van der Waals surface area contributed by atoms with Gasteiger partial charge < -0.3 is 5.32 Å². The molecule has 0 bridgehead atoms. The Morgan fingerprint density at radius 1 is 1.17 bits per heavy atom. The van der Waals surface area contributed by atoms with Crippen molar-refractivity contribution in [3.05, 3.63) is 64.1 Å². The molecule has 154 valence electrons. The minimum Gasteiger partial charge on any atom is -0.348 e. The summed E-state index contributed by atoms with van der Waals surface area (Å²) in [6, 6.07) is 13.6. The van der Waals surface area contributed by atoms with Gasteiger partial charge in [0.2, 0.25) is 5.91 Å². The zero-order valence-electron chi connectivity index (χ0n) is 16.4. The minimum atomic E-state index is -3.63. The molecule has 3 rings (SSSR count). The first kappa shape index (κ1) is 21.5. The lowest BCUT2D eigenvalue weighted by Crippen LogP contribution is -2.37. The molecular formula is C21H24BrN3O3S. The first-order valence-electron chi connectivity index (χ1n) is 9.57. The average molecular weight is 478 g/mol. The van der Waals surface area contributed by atoms with Crippen LogP contribution in [0.25, 0.3) is 0 Å². The fraction of sp³-hybridized carbons (Fsp3) is 0.333. The van der Waals surface area contributed by atoms with Crippen LogP contribution in [0, 0.1) is 0 Å². The topological polar surface area (TPSA) is 87.6 Å². The lowest BCUT2D eigenvalue weighted by Gasteiger charge is -2.19. The third-order valence-corrected chi connectivity index (χ3v) is 6.74. The van der Waals surface area contributed by atoms with Gasteiger partial charge in [-0.2, -0.15) is 0 Å². The molecule has 2 aromatic rings. The number of amides is 1. The summed E-state index contributed by atoms with van der Waals surface area (Å²) in [6.07, 6.45) is 2.28. The number of unbranched alkanes of at least 4 members (excludes halogenated alkanes) is 1. The molecule has 29 heavy (non-hydrogen) atoms. The molecule has 1 heterocycles. The van der Waals surface area contributed by atoms with E-state index in [9.17, 15) is 13.2 Å². The Balaban J connectivity index is 1.83. The van der Waals surface area contributed by atoms with Crippen molar-refractivity contribution in [1.82, 2.24) is 10.0 Å². The predicted molar refractivity (Wildman–Crippen MR) is 117 cm³/mol. The molecule has 0 saturated heterocycles. The molecule has 6 nitrogen and oxygen atoms in total. The van der Waals surface area contributed by atoms with E-state index in [0.717, 1.165) is 22.9 Å². The molecule has 1 aliphatic heterocycles. The van der Waals surface area contributed by atoms with Crippen LogP contribution in [-0.4, -0.2) is 26.2 Å². The van der Waals surface area contributed by atoms with Gasteiger partial charge in [-0.15, -0.1) is 0 Å². The van der Waals surface area contributed by atoms with Crippen LogP contribution < -0.4 is 10.0 Å². The Hall–Kier alpha value is -2.19. The molecule has 0 aromatic heterocycles. The number of sulfonamides is 1. The number of amidine groups is 1. The van der Waals surface area contributed by atoms with Crippen molar-refractivity contribution in [3.8, 4) is 0 Å². The SMILES string of the molecule is CCCCC(N=C1NS(=O)(=O)c2ccccc21)C(=O)NC(C)c1ccc(Br)cc1. The van der Waals surface area contributed by atoms with Crippen LogP contribution in [0.4, 0.5) is 0 Å². The number of aliphatic imine (C=N–C) groups is 1. The van der Waals surface area contributed by atoms with Gasteiger partial charge in [-0.1, -0.05) is 60.0 Å². The highest BCUT2D eigenvalue weighted by molar-refractivity contribution is 9.10. The summed E-state index contributed by atoms with van der Waals surface area (Å²) >= 11 is 3.41. The maximum absolute atomic E-state index is 13.0. The Morgan fingerprint density at radius 3 is 2.55 bits per heavy atom. The first-order chi connectivity index (χ1) is 13.8. The Kier molecular flexibility index (Phi) is 6.74. The number of halogens is 1. The lowest BCUT2D eigenvalue weighted by molar-refractivity contribution is -0.123. The van der Waals surface area contributed by atoms with Crippen molar-refractivity contribution in [2.45, 2.75) is 50.1 Å². The van der Waals surface area contributed by atoms with Crippen molar-refractivity contribution < 1.29 is 13.2 Å². The molecule has 2 aromatic carbocycles. The first-order valence-corrected chi connectivity index (χ1v) is 11.9. The summed E-state index contributed by atoms with van der Waals surface area (Å²) < 4.78 is 28.1. The molecule has 8 heteroatoms. The predicted octanol–water partition coefficient (Wildman–Crippen LogP) is 3.92. The molecule has 2 N–H and O–H groups in total. The summed E-state index contributed by atoms with van der Waals surface area (Å²) in [5.41, 5.74) is 1.48. The van der Waals surface area contributed by atoms with Crippen molar-refractivity contribution in [3.63, 3.8) is 0 Å². The summed E-state index contributed by atoms with van der Waals surface area (Å²) in [4.78, 5) is 17.7. The Bertz CT molecular complexity index is 1020. The van der Waals surface area contributed by atoms with Crippen LogP contribution in [0.1, 0.15) is 50.3 Å². The van der Waals surface area contributed by atoms with Gasteiger partial charge in [-0.05, 0) is 43.2 Å². The van der Waals surface area contributed by atoms with Gasteiger partial charge >= 0.3 is 0 Å². The van der Waals surface area contributed by atoms with E-state index in [1.807, 2.05) is 38.1 Å². The van der Waals surface area contributed by atoms with Gasteiger partial charge in [0.05, 0.1) is 10.9 Å². The number of carbonyl (C=O) groups excluding carboxylic acids is 1. The van der Waals surface area contributed by atoms with Crippen LogP contribution in [0.3, 0.4) is 0 Å². The maximum Gasteiger partial charge on any atom is 0.263 e. The van der Waals surface area contributed by atoms with Crippen LogP contribution in [0.15, 0.2) is 62.9 Å². The van der Waals surface area contributed by atoms with E-state index in [-0.39, 0.29) is 22.7 Å². The van der Waals surface area contributed by atoms with E-state index in [1.165, 1.54) is 6.07 Å². The van der Waals surface area contributed by atoms with Crippen molar-refractivity contribution in [2.24, 2.45) is 4.99 Å². The van der Waals surface area contributed by atoms with Gasteiger partial charge in [0, 0.05) is 10.0 Å². The van der Waals surface area contributed by atoms with Gasteiger partial charge in [0.1, 0.15) is 11.9 Å². The maximum atomic E-state index is 13.0. The van der Waals surface area contributed by atoms with E-state index in [4.69, 9.17) is 0 Å². The smallest absolute Gasteiger partial charge is 0.263 e. The zero-order chi connectivity index (χ0) is 21.0. The molecule has 0 spiro atoms. The highest BCUT2D eigenvalue weighted by Crippen LogP contribution is 2.23. The van der Waals surface area contributed by atoms with Crippen molar-refractivity contribution in [2.75, 3.05) is 0 Å². The molecule has 1 aliphatic rings. The van der Waals surface area contributed by atoms with E-state index in [0.29, 0.717) is 12.0 Å². The van der Waals surface area contributed by atoms with Gasteiger partial charge in [-0.3, -0.25) is 14.5 Å². The summed E-state index contributed by atoms with van der Waals surface area (Å²) in [5.74, 6) is 0.0121. The average Bonchev–Trinajstić information content (AvgIpc) is 2.96. The number of nitrogens with one attached hydrogen (secondary N) is 2. The van der Waals surface area contributed by atoms with Crippen LogP contribution in [0.5, 0.6) is 0 Å². The molecule has 0 radical (unpaired) electrons. The van der Waals surface area contributed by atoms with Gasteiger partial charge in [0.15, 0.2) is 0 Å². The molecule has 0 fully saturated rings. The van der Waals surface area contributed by atoms with Gasteiger partial charge in [0.25, 0.3) is 10.0 Å². The highest BCUT2D eigenvalue weighted by atomic mass is 79.9. The number of hydrogen-bond donors (Lipinski definition) is 2. The van der Waals surface area contributed by atoms with Crippen LogP contribution in [-0.2, 0) is 14.8 Å². The van der Waals surface area contributed by atoms with E-state index in [2.05, 4.69) is 31.0 Å². The second kappa shape index (κ2) is 9.09. The largest absolute Gasteiger partial charge is 0.348 e. The Labute approximate surface area is 180 Å². The third kappa shape index (κ3) is 5.05. The molecular weight excluding hydrogens is 454 g/mol. The fourth-order valence-corrected chi connectivity index (χ4v) is 4.69. The molecule has 1 amide bonds. The number of hydrogen-bond acceptors (Lipinski definition) is 4. The number of fused-ring (bicyclic) bond motifs is 1. The van der Waals surface area contributed by atoms with Crippen molar-refractivity contribution >= 4 is 37.7 Å². The summed E-state index contributed by atoms with van der Waals surface area (Å²) in [7, 11) is -3.63. The van der Waals surface area contributed by atoms with E-state index < -0.39 is 16.1 Å². The number of benzene rings is 2. The third-order valence-electron chi connectivity index (χ3n) is 4.81. The minimum absolute atomic E-state index is 0.188. The highest BCUT2D eigenvalue weighted by Gasteiger charge is 2.32. The summed E-state index contributed by atoms with van der Waals surface area (Å²) in [5, 5.41) is 3.00. The quantitative estimate of drug-likeness (QED) is 0.633. The fourth-order valence-electron chi connectivity index (χ4n) is 3.18. The van der Waals surface area contributed by atoms with Crippen molar-refractivity contribution in [1.29, 1.82) is 0 Å². The number of rotatable bonds is 7. The number of carbonyl (C=O) groups is 1. The second-order valence-electron chi connectivity index (χ2n) is 7.02. The van der Waals surface area contributed by atoms with E-state index >= 15 is 0 Å². The van der Waals surface area contributed by atoms with Gasteiger partial charge in [-0.25, -0.2) is 8.42 Å². The standard InChI is InChI=1S/C21H24BrN3O3S/c1-3-4-8-18(21(26)23-14(2)15-10-12-16(22)13-11-15)24-20-17-7-5-6-9-19(17)29(27,28)25-20/h5-7,9-14,18H,3-4,8H2,1-2H3,(H,23,26)(H,24,25). The molecule has 2 atom stereocenters. The van der Waals surface area contributed by atoms with E-state index in [1.54, 1.807) is 18.2 Å². The normalized spacial score (nSPS) is 18.0. The molecule has 0 aliphatic carbocycles. The number of nitrogens with zero attached hydrogens (tertiary/aromatic N) is 1. The monoisotopic (exact) mass is 477 g/mol. The Morgan fingerprint density at radius 2 is 1.86 bits per heavy atom. The lowest BCUT2D eigenvalue weighted by atomic mass is 10.1. The van der Waals surface area contributed by atoms with Crippen LogP contribution >= 0.6 is 15.9 Å². The summed E-state index contributed by atoms with van der Waals surface area (Å²) in [6.45, 7) is 3.96. The van der Waals surface area contributed by atoms with Crippen LogP contribution in [0.2, 0.25) is 0 Å². The molecule has 2 unspecified atom stereocenters.